The van der Waals surface area contributed by atoms with E-state index in [0.717, 1.165) is 11.5 Å². The predicted molar refractivity (Wildman–Crippen MR) is 155 cm³/mol. The van der Waals surface area contributed by atoms with Gasteiger partial charge in [-0.1, -0.05) is 30.2 Å². The van der Waals surface area contributed by atoms with Crippen molar-refractivity contribution >= 4 is 28.3 Å². The van der Waals surface area contributed by atoms with Crippen LogP contribution in [0.25, 0.3) is 22.2 Å². The summed E-state index contributed by atoms with van der Waals surface area (Å²) in [7, 11) is 1.89. The fourth-order valence-corrected chi connectivity index (χ4v) is 4.67. The molecular weight excluding hydrogens is 518 g/mol. The van der Waals surface area contributed by atoms with Gasteiger partial charge < -0.3 is 15.6 Å². The Kier molecular flexibility index (Phi) is 6.28. The minimum Gasteiger partial charge on any atom is -0.381 e. The van der Waals surface area contributed by atoms with Gasteiger partial charge in [0.25, 0.3) is 11.5 Å². The van der Waals surface area contributed by atoms with Crippen molar-refractivity contribution in [3.8, 4) is 17.5 Å². The zero-order valence-corrected chi connectivity index (χ0v) is 22.5. The third-order valence-electron chi connectivity index (χ3n) is 6.87. The van der Waals surface area contributed by atoms with Crippen LogP contribution in [0.5, 0.6) is 0 Å². The van der Waals surface area contributed by atoms with Gasteiger partial charge in [0.2, 0.25) is 0 Å². The molecule has 6 aromatic rings. The molecule has 11 nitrogen and oxygen atoms in total. The summed E-state index contributed by atoms with van der Waals surface area (Å²) < 4.78 is 4.83. The van der Waals surface area contributed by atoms with Crippen LogP contribution in [0.4, 0.5) is 5.82 Å². The molecule has 0 saturated carbocycles. The third-order valence-corrected chi connectivity index (χ3v) is 6.87. The number of nitrogens with zero attached hydrogens (tertiary/aromatic N) is 7. The van der Waals surface area contributed by atoms with E-state index in [1.807, 2.05) is 48.9 Å². The molecule has 11 heteroatoms. The van der Waals surface area contributed by atoms with Gasteiger partial charge in [0, 0.05) is 25.0 Å². The van der Waals surface area contributed by atoms with E-state index in [1.165, 1.54) is 9.08 Å². The van der Waals surface area contributed by atoms with Crippen LogP contribution in [0.2, 0.25) is 0 Å². The smallest absolute Gasteiger partial charge is 0.267 e. The average Bonchev–Trinajstić information content (AvgIpc) is 3.49. The number of fused-ring (bicyclic) bond motifs is 2. The summed E-state index contributed by atoms with van der Waals surface area (Å²) in [6.45, 7) is 3.65. The van der Waals surface area contributed by atoms with Crippen molar-refractivity contribution in [1.29, 1.82) is 0 Å². The van der Waals surface area contributed by atoms with Gasteiger partial charge in [-0.3, -0.25) is 14.2 Å². The Balaban J connectivity index is 1.48. The van der Waals surface area contributed by atoms with Gasteiger partial charge in [-0.05, 0) is 50.1 Å². The van der Waals surface area contributed by atoms with Gasteiger partial charge in [0.05, 0.1) is 28.8 Å². The Labute approximate surface area is 234 Å². The van der Waals surface area contributed by atoms with Crippen LogP contribution in [0.3, 0.4) is 0 Å². The minimum atomic E-state index is -0.690. The molecule has 0 unspecified atom stereocenters. The number of para-hydroxylation sites is 1. The molecule has 0 radical (unpaired) electrons. The second-order valence-electron chi connectivity index (χ2n) is 9.49. The maximum absolute atomic E-state index is 14.2. The third kappa shape index (κ3) is 4.47. The number of amides is 1. The first-order valence-corrected chi connectivity index (χ1v) is 12.8. The molecule has 0 bridgehead atoms. The molecule has 6 rings (SSSR count). The van der Waals surface area contributed by atoms with Crippen LogP contribution in [-0.4, -0.2) is 39.6 Å². The number of rotatable bonds is 4. The van der Waals surface area contributed by atoms with Gasteiger partial charge in [-0.15, -0.1) is 5.10 Å². The zero-order chi connectivity index (χ0) is 28.7. The van der Waals surface area contributed by atoms with E-state index in [2.05, 4.69) is 32.2 Å². The summed E-state index contributed by atoms with van der Waals surface area (Å²) in [6, 6.07) is 15.5. The number of nitrogens with two attached hydrogens (primary N) is 1. The Morgan fingerprint density at radius 2 is 1.85 bits per heavy atom. The van der Waals surface area contributed by atoms with Crippen molar-refractivity contribution in [3.63, 3.8) is 0 Å². The van der Waals surface area contributed by atoms with Crippen LogP contribution in [0.15, 0.2) is 78.0 Å². The lowest BCUT2D eigenvalue weighted by Crippen LogP contribution is -2.33. The largest absolute Gasteiger partial charge is 0.381 e. The molecular formula is C30H25N9O2. The molecule has 0 aliphatic rings. The molecule has 4 heterocycles. The normalized spacial score (nSPS) is 11.8. The zero-order valence-electron chi connectivity index (χ0n) is 22.5. The first kappa shape index (κ1) is 25.5. The summed E-state index contributed by atoms with van der Waals surface area (Å²) in [5, 5.41) is 7.48. The number of imidazole rings is 1. The molecule has 4 aromatic heterocycles. The lowest BCUT2D eigenvalue weighted by molar-refractivity contribution is 0.0940. The summed E-state index contributed by atoms with van der Waals surface area (Å²) in [6.07, 6.45) is 4.92. The molecule has 0 fully saturated rings. The number of benzene rings is 2. The SMILES string of the molecule is Cc1ncc(C#Cc2cccc3nc([C@@H](C)NC(=O)c4c(N)nn5cccnc45)n(-c4ccccc4)c(=O)c23)n1C. The highest BCUT2D eigenvalue weighted by Crippen LogP contribution is 2.22. The number of hydrogen-bond acceptors (Lipinski definition) is 7. The Morgan fingerprint density at radius 3 is 2.61 bits per heavy atom. The highest BCUT2D eigenvalue weighted by Gasteiger charge is 2.24. The van der Waals surface area contributed by atoms with E-state index in [0.29, 0.717) is 33.6 Å². The maximum atomic E-state index is 14.2. The fraction of sp³-hybridized carbons (Fsp3) is 0.133. The van der Waals surface area contributed by atoms with Crippen molar-refractivity contribution in [2.45, 2.75) is 19.9 Å². The van der Waals surface area contributed by atoms with E-state index in [-0.39, 0.29) is 16.9 Å². The molecule has 0 aliphatic carbocycles. The Bertz CT molecular complexity index is 2080. The molecule has 1 atom stereocenters. The predicted octanol–water partition coefficient (Wildman–Crippen LogP) is 2.94. The summed E-state index contributed by atoms with van der Waals surface area (Å²) >= 11 is 0. The molecule has 202 valence electrons. The molecule has 41 heavy (non-hydrogen) atoms. The number of nitrogen functional groups attached to an aromatic ring is 1. The standard InChI is InChI=1S/C30H25N9O2/c1-18(34-29(40)25-26(31)36-38-16-8-15-32-28(25)38)27-35-23-12-7-9-20(13-14-22-17-33-19(2)37(22)3)24(23)30(41)39(27)21-10-5-4-6-11-21/h4-12,15-18H,1-3H3,(H2,31,36)(H,34,40)/t18-/m1/s1. The number of aromatic nitrogens is 7. The quantitative estimate of drug-likeness (QED) is 0.326. The van der Waals surface area contributed by atoms with Crippen LogP contribution in [-0.2, 0) is 7.05 Å². The van der Waals surface area contributed by atoms with Crippen molar-refractivity contribution in [1.82, 2.24) is 39.0 Å². The molecule has 1 amide bonds. The number of anilines is 1. The average molecular weight is 544 g/mol. The monoisotopic (exact) mass is 543 g/mol. The van der Waals surface area contributed by atoms with Crippen LogP contribution < -0.4 is 16.6 Å². The molecule has 0 aliphatic heterocycles. The van der Waals surface area contributed by atoms with Gasteiger partial charge in [-0.25, -0.2) is 19.5 Å². The second-order valence-corrected chi connectivity index (χ2v) is 9.49. The van der Waals surface area contributed by atoms with Crippen LogP contribution in [0.1, 0.15) is 46.2 Å². The van der Waals surface area contributed by atoms with Crippen LogP contribution >= 0.6 is 0 Å². The summed E-state index contributed by atoms with van der Waals surface area (Å²) in [4.78, 5) is 41.0. The lowest BCUT2D eigenvalue weighted by Gasteiger charge is -2.20. The maximum Gasteiger partial charge on any atom is 0.267 e. The van der Waals surface area contributed by atoms with Crippen molar-refractivity contribution in [2.75, 3.05) is 5.73 Å². The molecule has 0 spiro atoms. The van der Waals surface area contributed by atoms with Gasteiger partial charge in [-0.2, -0.15) is 0 Å². The van der Waals surface area contributed by atoms with E-state index in [9.17, 15) is 9.59 Å². The Hall–Kier alpha value is -5.76. The van der Waals surface area contributed by atoms with E-state index < -0.39 is 11.9 Å². The Morgan fingerprint density at radius 1 is 1.05 bits per heavy atom. The lowest BCUT2D eigenvalue weighted by atomic mass is 10.1. The van der Waals surface area contributed by atoms with Gasteiger partial charge >= 0.3 is 0 Å². The van der Waals surface area contributed by atoms with Gasteiger partial charge in [0.1, 0.15) is 22.9 Å². The van der Waals surface area contributed by atoms with E-state index in [1.54, 1.807) is 49.8 Å². The van der Waals surface area contributed by atoms with E-state index in [4.69, 9.17) is 10.7 Å². The number of hydrogen-bond donors (Lipinski definition) is 2. The molecule has 3 N–H and O–H groups in total. The highest BCUT2D eigenvalue weighted by atomic mass is 16.2. The van der Waals surface area contributed by atoms with Crippen LogP contribution in [0, 0.1) is 18.8 Å². The molecule has 0 saturated heterocycles. The van der Waals surface area contributed by atoms with Crippen molar-refractivity contribution in [2.24, 2.45) is 7.05 Å². The minimum absolute atomic E-state index is 0.0483. The summed E-state index contributed by atoms with van der Waals surface area (Å²) in [5.74, 6) is 7.00. The highest BCUT2D eigenvalue weighted by molar-refractivity contribution is 6.04. The van der Waals surface area contributed by atoms with Gasteiger partial charge in [0.15, 0.2) is 11.5 Å². The van der Waals surface area contributed by atoms with Crippen molar-refractivity contribution < 1.29 is 4.79 Å². The topological polar surface area (TPSA) is 138 Å². The van der Waals surface area contributed by atoms with Crippen molar-refractivity contribution in [3.05, 3.63) is 112 Å². The summed E-state index contributed by atoms with van der Waals surface area (Å²) in [5.41, 5.74) is 8.56. The number of nitrogens with one attached hydrogen (secondary N) is 1. The number of aryl methyl sites for hydroxylation is 1. The van der Waals surface area contributed by atoms with E-state index >= 15 is 0 Å². The second kappa shape index (κ2) is 10.1. The fourth-order valence-electron chi connectivity index (χ4n) is 4.67. The number of carbonyl (C=O) groups is 1. The first-order chi connectivity index (χ1) is 19.8. The number of carbonyl (C=O) groups excluding carboxylic acids is 1. The first-order valence-electron chi connectivity index (χ1n) is 12.8. The molecule has 2 aromatic carbocycles.